The molecule has 4 bridgehead atoms. The number of hydrogen-bond donors (Lipinski definition) is 3. The molecule has 11 heteroatoms. The van der Waals surface area contributed by atoms with Crippen LogP contribution < -0.4 is 14.8 Å². The van der Waals surface area contributed by atoms with Gasteiger partial charge >= 0.3 is 12.3 Å². The predicted octanol–water partition coefficient (Wildman–Crippen LogP) is 5.97. The molecule has 1 amide bonds. The SMILES string of the molecule is O=C(N[C@H](C(=O)O)C12C[C@@H]3C[C@@H](CC(O)(C3)C1)C2)c1ccc2cc(F)ccc2c1OCc1ccc(OC(F)(F)F)cc1. The lowest BCUT2D eigenvalue weighted by Gasteiger charge is -2.61. The van der Waals surface area contributed by atoms with Crippen molar-refractivity contribution in [1.29, 1.82) is 0 Å². The molecule has 3 aromatic rings. The van der Waals surface area contributed by atoms with Gasteiger partial charge in [0.1, 0.15) is 30.0 Å². The van der Waals surface area contributed by atoms with E-state index in [-0.39, 0.29) is 29.8 Å². The van der Waals surface area contributed by atoms with Crippen LogP contribution in [0.25, 0.3) is 10.8 Å². The Balaban J connectivity index is 1.29. The van der Waals surface area contributed by atoms with Gasteiger partial charge in [0.05, 0.1) is 11.2 Å². The van der Waals surface area contributed by atoms with Gasteiger partial charge in [0, 0.05) is 10.8 Å². The number of nitrogens with one attached hydrogen (secondary N) is 1. The molecule has 4 aliphatic rings. The van der Waals surface area contributed by atoms with E-state index in [2.05, 4.69) is 10.1 Å². The molecule has 0 spiro atoms. The molecular weight excluding hydrogens is 558 g/mol. The smallest absolute Gasteiger partial charge is 0.487 e. The van der Waals surface area contributed by atoms with Gasteiger partial charge in [0.25, 0.3) is 5.91 Å². The van der Waals surface area contributed by atoms with E-state index in [0.29, 0.717) is 48.4 Å². The molecule has 4 fully saturated rings. The van der Waals surface area contributed by atoms with Crippen molar-refractivity contribution in [2.24, 2.45) is 17.3 Å². The highest BCUT2D eigenvalue weighted by atomic mass is 19.4. The first kappa shape index (κ1) is 28.3. The highest BCUT2D eigenvalue weighted by Gasteiger charge is 2.61. The average molecular weight is 588 g/mol. The van der Waals surface area contributed by atoms with Gasteiger partial charge in [0.2, 0.25) is 0 Å². The lowest BCUT2D eigenvalue weighted by molar-refractivity contribution is -0.274. The van der Waals surface area contributed by atoms with Crippen LogP contribution in [0, 0.1) is 23.1 Å². The number of hydrogen-bond acceptors (Lipinski definition) is 5. The number of ether oxygens (including phenoxy) is 2. The highest BCUT2D eigenvalue weighted by molar-refractivity contribution is 6.05. The summed E-state index contributed by atoms with van der Waals surface area (Å²) >= 11 is 0. The van der Waals surface area contributed by atoms with Gasteiger partial charge in [-0.1, -0.05) is 18.2 Å². The highest BCUT2D eigenvalue weighted by Crippen LogP contribution is 2.62. The molecule has 3 N–H and O–H groups in total. The third-order valence-corrected chi connectivity index (χ3v) is 8.93. The second-order valence-electron chi connectivity index (χ2n) is 12.1. The van der Waals surface area contributed by atoms with Crippen molar-refractivity contribution in [3.8, 4) is 11.5 Å². The lowest BCUT2D eigenvalue weighted by atomic mass is 9.46. The monoisotopic (exact) mass is 587 g/mol. The van der Waals surface area contributed by atoms with E-state index < -0.39 is 46.9 Å². The molecule has 7 nitrogen and oxygen atoms in total. The number of carbonyl (C=O) groups excluding carboxylic acids is 1. The summed E-state index contributed by atoms with van der Waals surface area (Å²) in [5, 5.41) is 25.0. The molecule has 0 radical (unpaired) electrons. The lowest BCUT2D eigenvalue weighted by Crippen LogP contribution is -2.64. The van der Waals surface area contributed by atoms with Crippen LogP contribution in [-0.2, 0) is 11.4 Å². The second kappa shape index (κ2) is 10.1. The Bertz CT molecular complexity index is 1520. The summed E-state index contributed by atoms with van der Waals surface area (Å²) in [6.07, 6.45) is -1.07. The minimum Gasteiger partial charge on any atom is -0.487 e. The van der Waals surface area contributed by atoms with Gasteiger partial charge in [-0.15, -0.1) is 13.2 Å². The number of halogens is 4. The fraction of sp³-hybridized carbons (Fsp3) is 0.419. The van der Waals surface area contributed by atoms with Crippen LogP contribution in [0.1, 0.15) is 54.4 Å². The number of rotatable bonds is 8. The van der Waals surface area contributed by atoms with Crippen molar-refractivity contribution in [2.45, 2.75) is 63.1 Å². The normalized spacial score (nSPS) is 27.1. The molecule has 2 unspecified atom stereocenters. The summed E-state index contributed by atoms with van der Waals surface area (Å²) in [7, 11) is 0. The Hall–Kier alpha value is -3.86. The first-order chi connectivity index (χ1) is 19.8. The topological polar surface area (TPSA) is 105 Å². The minimum absolute atomic E-state index is 0.0285. The van der Waals surface area contributed by atoms with Crippen molar-refractivity contribution < 1.29 is 46.8 Å². The van der Waals surface area contributed by atoms with Crippen LogP contribution in [0.2, 0.25) is 0 Å². The zero-order valence-corrected chi connectivity index (χ0v) is 22.4. The van der Waals surface area contributed by atoms with E-state index in [1.54, 1.807) is 0 Å². The minimum atomic E-state index is -4.83. The number of carboxylic acids is 1. The fourth-order valence-corrected chi connectivity index (χ4v) is 7.86. The van der Waals surface area contributed by atoms with E-state index in [0.717, 1.165) is 18.6 Å². The molecule has 7 rings (SSSR count). The maximum atomic E-state index is 14.0. The van der Waals surface area contributed by atoms with Crippen molar-refractivity contribution in [2.75, 3.05) is 0 Å². The van der Waals surface area contributed by atoms with Crippen LogP contribution in [0.15, 0.2) is 54.6 Å². The summed E-state index contributed by atoms with van der Waals surface area (Å²) in [6, 6.07) is 10.7. The number of carbonyl (C=O) groups is 2. The average Bonchev–Trinajstić information content (AvgIpc) is 2.88. The first-order valence-corrected chi connectivity index (χ1v) is 13.8. The van der Waals surface area contributed by atoms with Gasteiger partial charge in [-0.25, -0.2) is 9.18 Å². The largest absolute Gasteiger partial charge is 0.573 e. The fourth-order valence-electron chi connectivity index (χ4n) is 7.86. The maximum absolute atomic E-state index is 14.0. The van der Waals surface area contributed by atoms with Crippen LogP contribution in [0.4, 0.5) is 17.6 Å². The standard InChI is InChI=1S/C31H29F4NO6/c32-21-4-8-23-20(10-21)3-7-24(25(23)41-15-17-1-5-22(6-2-17)42-31(33,34)35)27(37)36-26(28(38)39)29-11-18-9-19(12-29)14-30(40,13-18)16-29/h1-8,10,18-19,26,40H,9,11-16H2,(H,36,37)(H,38,39)/t18-,19+,26-,29?,30?/m1/s1. The zero-order valence-electron chi connectivity index (χ0n) is 22.4. The Morgan fingerprint density at radius 2 is 1.69 bits per heavy atom. The molecule has 222 valence electrons. The third-order valence-electron chi connectivity index (χ3n) is 8.93. The van der Waals surface area contributed by atoms with Gasteiger partial charge in [-0.2, -0.15) is 0 Å². The van der Waals surface area contributed by atoms with E-state index >= 15 is 0 Å². The number of benzene rings is 3. The molecule has 0 aromatic heterocycles. The van der Waals surface area contributed by atoms with Crippen LogP contribution >= 0.6 is 0 Å². The van der Waals surface area contributed by atoms with E-state index in [4.69, 9.17) is 4.74 Å². The van der Waals surface area contributed by atoms with Gasteiger partial charge in [0.15, 0.2) is 0 Å². The maximum Gasteiger partial charge on any atom is 0.573 e. The van der Waals surface area contributed by atoms with E-state index in [1.165, 1.54) is 42.5 Å². The quantitative estimate of drug-likeness (QED) is 0.281. The van der Waals surface area contributed by atoms with E-state index in [1.807, 2.05) is 0 Å². The Morgan fingerprint density at radius 1 is 1.00 bits per heavy atom. The number of carboxylic acid groups (broad SMARTS) is 1. The van der Waals surface area contributed by atoms with Gasteiger partial charge in [-0.05, 0) is 97.7 Å². The van der Waals surface area contributed by atoms with Crippen LogP contribution in [0.3, 0.4) is 0 Å². The number of fused-ring (bicyclic) bond motifs is 1. The summed E-state index contributed by atoms with van der Waals surface area (Å²) < 4.78 is 61.4. The predicted molar refractivity (Wildman–Crippen MR) is 142 cm³/mol. The first-order valence-electron chi connectivity index (χ1n) is 13.8. The second-order valence-corrected chi connectivity index (χ2v) is 12.1. The molecule has 42 heavy (non-hydrogen) atoms. The summed E-state index contributed by atoms with van der Waals surface area (Å²) in [5.74, 6) is -2.29. The number of amides is 1. The van der Waals surface area contributed by atoms with Gasteiger partial charge in [-0.3, -0.25) is 4.79 Å². The van der Waals surface area contributed by atoms with Crippen LogP contribution in [0.5, 0.6) is 11.5 Å². The van der Waals surface area contributed by atoms with E-state index in [9.17, 15) is 37.4 Å². The van der Waals surface area contributed by atoms with Crippen molar-refractivity contribution in [3.63, 3.8) is 0 Å². The zero-order chi connectivity index (χ0) is 29.9. The van der Waals surface area contributed by atoms with Crippen molar-refractivity contribution in [1.82, 2.24) is 5.32 Å². The summed E-state index contributed by atoms with van der Waals surface area (Å²) in [5.41, 5.74) is -1.20. The third kappa shape index (κ3) is 5.49. The number of alkyl halides is 3. The van der Waals surface area contributed by atoms with Crippen LogP contribution in [-0.4, -0.2) is 40.1 Å². The summed E-state index contributed by atoms with van der Waals surface area (Å²) in [6.45, 7) is -0.147. The number of aliphatic hydroxyl groups is 1. The van der Waals surface area contributed by atoms with Gasteiger partial charge < -0.3 is 25.0 Å². The molecule has 0 aliphatic heterocycles. The molecule has 4 aliphatic carbocycles. The Labute approximate surface area is 238 Å². The van der Waals surface area contributed by atoms with Crippen molar-refractivity contribution in [3.05, 3.63) is 71.5 Å². The Morgan fingerprint density at radius 3 is 2.31 bits per heavy atom. The number of aliphatic carboxylic acids is 1. The summed E-state index contributed by atoms with van der Waals surface area (Å²) in [4.78, 5) is 26.3. The molecule has 3 aromatic carbocycles. The van der Waals surface area contributed by atoms with Crippen molar-refractivity contribution >= 4 is 22.6 Å². The Kier molecular flexibility index (Phi) is 6.83. The molecule has 0 heterocycles. The molecule has 5 atom stereocenters. The molecule has 4 saturated carbocycles. The molecule has 0 saturated heterocycles. The molecular formula is C31H29F4NO6.